The van der Waals surface area contributed by atoms with Gasteiger partial charge >= 0.3 is 29.6 Å². The zero-order chi connectivity index (χ0) is 14.1. The first-order valence-corrected chi connectivity index (χ1v) is 8.07. The number of rotatable bonds is 9. The Morgan fingerprint density at radius 3 is 1.85 bits per heavy atom. The molecule has 0 aliphatic carbocycles. The van der Waals surface area contributed by atoms with Gasteiger partial charge in [-0.05, 0) is 61.3 Å². The molecule has 0 heterocycles. The number of unbranched alkanes of at least 4 members (excludes halogenated alkanes) is 3. The predicted molar refractivity (Wildman–Crippen MR) is 85.1 cm³/mol. The molecule has 0 radical (unpaired) electrons. The third kappa shape index (κ3) is 6.20. The maximum atomic E-state index is 10.2. The van der Waals surface area contributed by atoms with Gasteiger partial charge in [0.15, 0.2) is 0 Å². The Kier molecular flexibility index (Phi) is 11.7. The second-order valence-corrected chi connectivity index (χ2v) is 5.51. The summed E-state index contributed by atoms with van der Waals surface area (Å²) in [6.45, 7) is 6.69. The fraction of sp³-hybridized carbons (Fsp3) is 0.667. The van der Waals surface area contributed by atoms with Gasteiger partial charge in [0.2, 0.25) is 0 Å². The normalized spacial score (nSPS) is 10.3. The summed E-state index contributed by atoms with van der Waals surface area (Å²) in [5.41, 5.74) is 4.15. The topological polar surface area (TPSA) is 20.2 Å². The number of hydrogen-bond acceptors (Lipinski definition) is 1. The van der Waals surface area contributed by atoms with Gasteiger partial charge in [0.05, 0.1) is 0 Å². The summed E-state index contributed by atoms with van der Waals surface area (Å²) >= 11 is 0. The first kappa shape index (κ1) is 20.0. The maximum absolute atomic E-state index is 10.2. The first-order valence-electron chi connectivity index (χ1n) is 8.07. The van der Waals surface area contributed by atoms with E-state index in [0.717, 1.165) is 19.3 Å². The Balaban J connectivity index is 0. The zero-order valence-electron chi connectivity index (χ0n) is 15.0. The van der Waals surface area contributed by atoms with Crippen molar-refractivity contribution < 1.29 is 36.1 Å². The quantitative estimate of drug-likeness (QED) is 0.692. The van der Waals surface area contributed by atoms with Crippen molar-refractivity contribution in [3.63, 3.8) is 0 Å². The number of aromatic hydroxyl groups is 1. The van der Waals surface area contributed by atoms with E-state index in [-0.39, 0.29) is 31.0 Å². The van der Waals surface area contributed by atoms with Crippen LogP contribution in [0.25, 0.3) is 0 Å². The minimum Gasteiger partial charge on any atom is -1.00 e. The fourth-order valence-corrected chi connectivity index (χ4v) is 2.63. The van der Waals surface area contributed by atoms with Gasteiger partial charge in [-0.25, -0.2) is 0 Å². The van der Waals surface area contributed by atoms with Gasteiger partial charge < -0.3 is 6.53 Å². The summed E-state index contributed by atoms with van der Waals surface area (Å²) in [5, 5.41) is 10.2. The standard InChI is InChI=1S/C18H30O.Na.H/c1-4-7-10-15-13-14-18(19)17(12-9-6-3)16(15)11-8-5-2;;/h13-14,19H,4-12H2,1-3H3;;/q;+1;-1. The molecule has 0 saturated carbocycles. The van der Waals surface area contributed by atoms with Crippen LogP contribution in [0.15, 0.2) is 12.1 Å². The molecule has 0 bridgehead atoms. The van der Waals surface area contributed by atoms with Gasteiger partial charge in [0.25, 0.3) is 0 Å². The van der Waals surface area contributed by atoms with Crippen molar-refractivity contribution in [2.75, 3.05) is 0 Å². The Bertz CT molecular complexity index is 380. The van der Waals surface area contributed by atoms with E-state index in [9.17, 15) is 5.11 Å². The van der Waals surface area contributed by atoms with E-state index >= 15 is 0 Å². The van der Waals surface area contributed by atoms with Crippen molar-refractivity contribution in [3.05, 3.63) is 28.8 Å². The molecule has 1 aromatic carbocycles. The van der Waals surface area contributed by atoms with Crippen LogP contribution in [0.3, 0.4) is 0 Å². The van der Waals surface area contributed by atoms with Gasteiger partial charge in [0, 0.05) is 0 Å². The second-order valence-electron chi connectivity index (χ2n) is 5.51. The van der Waals surface area contributed by atoms with Crippen LogP contribution in [0.5, 0.6) is 5.75 Å². The molecule has 0 aliphatic rings. The van der Waals surface area contributed by atoms with Crippen LogP contribution in [0.2, 0.25) is 0 Å². The van der Waals surface area contributed by atoms with Crippen LogP contribution >= 0.6 is 0 Å². The van der Waals surface area contributed by atoms with Gasteiger partial charge in [0.1, 0.15) is 5.75 Å². The number of phenolic OH excluding ortho intramolecular Hbond substituents is 1. The molecule has 0 atom stereocenters. The molecule has 2 heteroatoms. The molecule has 1 rings (SSSR count). The molecule has 110 valence electrons. The molecule has 0 fully saturated rings. The van der Waals surface area contributed by atoms with Crippen molar-refractivity contribution in [2.24, 2.45) is 0 Å². The number of hydrogen-bond donors (Lipinski definition) is 1. The number of aryl methyl sites for hydroxylation is 1. The van der Waals surface area contributed by atoms with Crippen molar-refractivity contribution in [3.8, 4) is 5.75 Å². The summed E-state index contributed by atoms with van der Waals surface area (Å²) in [6, 6.07) is 4.05. The molecule has 1 N–H and O–H groups in total. The Hall–Kier alpha value is 0.0200. The molecule has 0 amide bonds. The molecule has 0 spiro atoms. The van der Waals surface area contributed by atoms with Crippen LogP contribution < -0.4 is 29.6 Å². The summed E-state index contributed by atoms with van der Waals surface area (Å²) in [7, 11) is 0. The van der Waals surface area contributed by atoms with Crippen LogP contribution in [0.4, 0.5) is 0 Å². The Morgan fingerprint density at radius 2 is 1.30 bits per heavy atom. The molecule has 0 aromatic heterocycles. The summed E-state index contributed by atoms with van der Waals surface area (Å²) in [4.78, 5) is 0. The van der Waals surface area contributed by atoms with E-state index in [1.807, 2.05) is 6.07 Å². The summed E-state index contributed by atoms with van der Waals surface area (Å²) in [6.07, 6.45) is 10.6. The van der Waals surface area contributed by atoms with E-state index in [1.54, 1.807) is 0 Å². The van der Waals surface area contributed by atoms with Crippen LogP contribution in [-0.2, 0) is 19.3 Å². The van der Waals surface area contributed by atoms with Crippen molar-refractivity contribution >= 4 is 0 Å². The third-order valence-corrected chi connectivity index (χ3v) is 3.86. The average Bonchev–Trinajstić information content (AvgIpc) is 2.42. The van der Waals surface area contributed by atoms with Gasteiger partial charge in [-0.2, -0.15) is 0 Å². The molecule has 1 nitrogen and oxygen atoms in total. The SMILES string of the molecule is CCCCc1ccc(O)c(CCCC)c1CCCC.[H-].[Na+]. The second kappa shape index (κ2) is 11.7. The van der Waals surface area contributed by atoms with Gasteiger partial charge in [-0.3, -0.25) is 0 Å². The number of phenols is 1. The summed E-state index contributed by atoms with van der Waals surface area (Å²) in [5.74, 6) is 0.514. The zero-order valence-corrected chi connectivity index (χ0v) is 16.0. The smallest absolute Gasteiger partial charge is 1.00 e. The van der Waals surface area contributed by atoms with Crippen molar-refractivity contribution in [1.29, 1.82) is 0 Å². The summed E-state index contributed by atoms with van der Waals surface area (Å²) < 4.78 is 0. The minimum atomic E-state index is 0. The van der Waals surface area contributed by atoms with E-state index in [1.165, 1.54) is 55.2 Å². The maximum Gasteiger partial charge on any atom is 1.00 e. The molecular weight excluding hydrogens is 255 g/mol. The van der Waals surface area contributed by atoms with Gasteiger partial charge in [-0.15, -0.1) is 0 Å². The van der Waals surface area contributed by atoms with E-state index in [4.69, 9.17) is 0 Å². The van der Waals surface area contributed by atoms with Crippen LogP contribution in [-0.4, -0.2) is 5.11 Å². The van der Waals surface area contributed by atoms with Crippen LogP contribution in [0.1, 0.15) is 77.4 Å². The largest absolute Gasteiger partial charge is 1.00 e. The molecule has 0 aliphatic heterocycles. The molecule has 0 unspecified atom stereocenters. The van der Waals surface area contributed by atoms with E-state index in [0.29, 0.717) is 5.75 Å². The van der Waals surface area contributed by atoms with Crippen molar-refractivity contribution in [1.82, 2.24) is 0 Å². The molecule has 1 aromatic rings. The van der Waals surface area contributed by atoms with Crippen LogP contribution in [0, 0.1) is 0 Å². The predicted octanol–water partition coefficient (Wildman–Crippen LogP) is 2.54. The first-order chi connectivity index (χ1) is 9.24. The molecule has 20 heavy (non-hydrogen) atoms. The monoisotopic (exact) mass is 286 g/mol. The van der Waals surface area contributed by atoms with E-state index < -0.39 is 0 Å². The molecule has 0 saturated heterocycles. The fourth-order valence-electron chi connectivity index (χ4n) is 2.63. The minimum absolute atomic E-state index is 0. The van der Waals surface area contributed by atoms with Crippen molar-refractivity contribution in [2.45, 2.75) is 78.6 Å². The average molecular weight is 286 g/mol. The Labute approximate surface area is 149 Å². The Morgan fingerprint density at radius 1 is 0.800 bits per heavy atom. The number of benzene rings is 1. The third-order valence-electron chi connectivity index (χ3n) is 3.86. The molecular formula is C18H31NaO. The van der Waals surface area contributed by atoms with E-state index in [2.05, 4.69) is 26.8 Å². The van der Waals surface area contributed by atoms with Gasteiger partial charge in [-0.1, -0.05) is 46.1 Å².